The number of carbonyl (C=O) groups is 2. The molecule has 0 unspecified atom stereocenters. The minimum atomic E-state index is -0.739. The predicted octanol–water partition coefficient (Wildman–Crippen LogP) is 2.80. The fourth-order valence-corrected chi connectivity index (χ4v) is 1.56. The molecular formula is C12H14ClFN2O3. The van der Waals surface area contributed by atoms with Gasteiger partial charge in [0.1, 0.15) is 5.82 Å². The number of hydrogen-bond acceptors (Lipinski definition) is 3. The predicted molar refractivity (Wildman–Crippen MR) is 70.0 cm³/mol. The highest BCUT2D eigenvalue weighted by atomic mass is 35.5. The Kier molecular flexibility index (Phi) is 5.11. The van der Waals surface area contributed by atoms with E-state index in [0.29, 0.717) is 0 Å². The van der Waals surface area contributed by atoms with Crippen LogP contribution in [0.4, 0.5) is 14.9 Å². The summed E-state index contributed by atoms with van der Waals surface area (Å²) in [5, 5.41) is 4.74. The number of benzene rings is 1. The standard InChI is InChI=1S/C12H14ClFN2O3/c1-6(2)15-12(18)16-10-4-7(11(17)19-3)8(13)5-9(10)14/h4-6H,1-3H3,(H2,15,16,18). The molecule has 2 amide bonds. The first kappa shape index (κ1) is 15.2. The number of halogens is 2. The van der Waals surface area contributed by atoms with E-state index in [1.54, 1.807) is 13.8 Å². The highest BCUT2D eigenvalue weighted by Gasteiger charge is 2.16. The fraction of sp³-hybridized carbons (Fsp3) is 0.333. The molecule has 0 saturated carbocycles. The highest BCUT2D eigenvalue weighted by molar-refractivity contribution is 6.33. The molecule has 0 aliphatic heterocycles. The van der Waals surface area contributed by atoms with Gasteiger partial charge >= 0.3 is 12.0 Å². The number of carbonyl (C=O) groups excluding carboxylic acids is 2. The van der Waals surface area contributed by atoms with E-state index < -0.39 is 17.8 Å². The monoisotopic (exact) mass is 288 g/mol. The summed E-state index contributed by atoms with van der Waals surface area (Å²) in [7, 11) is 1.18. The summed E-state index contributed by atoms with van der Waals surface area (Å²) in [4.78, 5) is 22.9. The first-order chi connectivity index (χ1) is 8.85. The van der Waals surface area contributed by atoms with Gasteiger partial charge in [-0.3, -0.25) is 0 Å². The number of methoxy groups -OCH3 is 1. The molecule has 0 atom stereocenters. The van der Waals surface area contributed by atoms with Crippen molar-refractivity contribution in [3.05, 3.63) is 28.5 Å². The number of ether oxygens (including phenoxy) is 1. The van der Waals surface area contributed by atoms with E-state index in [1.165, 1.54) is 7.11 Å². The number of anilines is 1. The lowest BCUT2D eigenvalue weighted by Crippen LogP contribution is -2.34. The average Bonchev–Trinajstić information content (AvgIpc) is 2.30. The van der Waals surface area contributed by atoms with E-state index in [9.17, 15) is 14.0 Å². The quantitative estimate of drug-likeness (QED) is 0.841. The molecule has 104 valence electrons. The maximum Gasteiger partial charge on any atom is 0.339 e. The van der Waals surface area contributed by atoms with Gasteiger partial charge in [0.05, 0.1) is 23.4 Å². The zero-order valence-electron chi connectivity index (χ0n) is 10.7. The van der Waals surface area contributed by atoms with Gasteiger partial charge in [-0.2, -0.15) is 0 Å². The summed E-state index contributed by atoms with van der Waals surface area (Å²) < 4.78 is 18.1. The van der Waals surface area contributed by atoms with Crippen LogP contribution in [0.25, 0.3) is 0 Å². The molecule has 0 aliphatic rings. The number of nitrogens with one attached hydrogen (secondary N) is 2. The van der Waals surface area contributed by atoms with Crippen LogP contribution in [0, 0.1) is 5.82 Å². The maximum atomic E-state index is 13.6. The molecule has 0 radical (unpaired) electrons. The molecular weight excluding hydrogens is 275 g/mol. The molecule has 1 aromatic rings. The SMILES string of the molecule is COC(=O)c1cc(NC(=O)NC(C)C)c(F)cc1Cl. The largest absolute Gasteiger partial charge is 0.465 e. The molecule has 0 saturated heterocycles. The third-order valence-electron chi connectivity index (χ3n) is 2.13. The van der Waals surface area contributed by atoms with Gasteiger partial charge in [0, 0.05) is 6.04 Å². The third-order valence-corrected chi connectivity index (χ3v) is 2.44. The molecule has 7 heteroatoms. The smallest absolute Gasteiger partial charge is 0.339 e. The summed E-state index contributed by atoms with van der Waals surface area (Å²) >= 11 is 5.73. The lowest BCUT2D eigenvalue weighted by molar-refractivity contribution is 0.0601. The average molecular weight is 289 g/mol. The van der Waals surface area contributed by atoms with E-state index in [-0.39, 0.29) is 22.3 Å². The van der Waals surface area contributed by atoms with Crippen molar-refractivity contribution in [1.29, 1.82) is 0 Å². The fourth-order valence-electron chi connectivity index (χ4n) is 1.33. The minimum absolute atomic E-state index is 0.0228. The van der Waals surface area contributed by atoms with Crippen molar-refractivity contribution in [1.82, 2.24) is 5.32 Å². The van der Waals surface area contributed by atoms with Crippen molar-refractivity contribution < 1.29 is 18.7 Å². The Labute approximate surface area is 115 Å². The molecule has 1 aromatic carbocycles. The first-order valence-electron chi connectivity index (χ1n) is 5.50. The van der Waals surface area contributed by atoms with E-state index >= 15 is 0 Å². The molecule has 0 aromatic heterocycles. The first-order valence-corrected chi connectivity index (χ1v) is 5.87. The van der Waals surface area contributed by atoms with Gasteiger partial charge in [-0.1, -0.05) is 11.6 Å². The van der Waals surface area contributed by atoms with E-state index in [0.717, 1.165) is 12.1 Å². The summed E-state index contributed by atoms with van der Waals surface area (Å²) in [6.45, 7) is 3.52. The zero-order chi connectivity index (χ0) is 14.6. The summed E-state index contributed by atoms with van der Waals surface area (Å²) in [5.41, 5.74) is -0.173. The molecule has 0 aliphatic carbocycles. The van der Waals surface area contributed by atoms with Crippen LogP contribution in [-0.4, -0.2) is 25.2 Å². The second-order valence-corrected chi connectivity index (χ2v) is 4.46. The number of amides is 2. The molecule has 0 fully saturated rings. The van der Waals surface area contributed by atoms with E-state index in [4.69, 9.17) is 11.6 Å². The van der Waals surface area contributed by atoms with Crippen LogP contribution >= 0.6 is 11.6 Å². The molecule has 2 N–H and O–H groups in total. The van der Waals surface area contributed by atoms with Crippen LogP contribution in [0.5, 0.6) is 0 Å². The van der Waals surface area contributed by atoms with Gasteiger partial charge in [-0.15, -0.1) is 0 Å². The van der Waals surface area contributed by atoms with Crippen molar-refractivity contribution in [3.63, 3.8) is 0 Å². The highest BCUT2D eigenvalue weighted by Crippen LogP contribution is 2.24. The summed E-state index contributed by atoms with van der Waals surface area (Å²) in [6, 6.07) is 1.39. The van der Waals surface area contributed by atoms with Gasteiger partial charge in [-0.05, 0) is 26.0 Å². The second-order valence-electron chi connectivity index (χ2n) is 4.06. The Morgan fingerprint density at radius 2 is 2.00 bits per heavy atom. The maximum absolute atomic E-state index is 13.6. The van der Waals surface area contributed by atoms with Crippen molar-refractivity contribution in [3.8, 4) is 0 Å². The van der Waals surface area contributed by atoms with Gasteiger partial charge in [0.2, 0.25) is 0 Å². The Balaban J connectivity index is 3.01. The van der Waals surface area contributed by atoms with Crippen LogP contribution in [0.2, 0.25) is 5.02 Å². The molecule has 0 spiro atoms. The lowest BCUT2D eigenvalue weighted by atomic mass is 10.2. The minimum Gasteiger partial charge on any atom is -0.465 e. The molecule has 1 rings (SSSR count). The summed E-state index contributed by atoms with van der Waals surface area (Å²) in [5.74, 6) is -1.45. The number of urea groups is 1. The van der Waals surface area contributed by atoms with E-state index in [1.807, 2.05) is 0 Å². The van der Waals surface area contributed by atoms with E-state index in [2.05, 4.69) is 15.4 Å². The van der Waals surface area contributed by atoms with Gasteiger partial charge < -0.3 is 15.4 Å². The number of rotatable bonds is 3. The van der Waals surface area contributed by atoms with Crippen molar-refractivity contribution >= 4 is 29.3 Å². The van der Waals surface area contributed by atoms with Crippen LogP contribution in [0.1, 0.15) is 24.2 Å². The number of esters is 1. The van der Waals surface area contributed by atoms with Gasteiger partial charge in [0.15, 0.2) is 0 Å². The molecule has 0 bridgehead atoms. The molecule has 5 nitrogen and oxygen atoms in total. The Hall–Kier alpha value is -1.82. The lowest BCUT2D eigenvalue weighted by Gasteiger charge is -2.12. The molecule has 19 heavy (non-hydrogen) atoms. The van der Waals surface area contributed by atoms with Gasteiger partial charge in [0.25, 0.3) is 0 Å². The van der Waals surface area contributed by atoms with Crippen LogP contribution in [0.15, 0.2) is 12.1 Å². The topological polar surface area (TPSA) is 67.4 Å². The van der Waals surface area contributed by atoms with Crippen LogP contribution in [0.3, 0.4) is 0 Å². The Bertz CT molecular complexity index is 506. The van der Waals surface area contributed by atoms with Crippen molar-refractivity contribution in [2.24, 2.45) is 0 Å². The van der Waals surface area contributed by atoms with Crippen molar-refractivity contribution in [2.45, 2.75) is 19.9 Å². The normalized spacial score (nSPS) is 10.2. The van der Waals surface area contributed by atoms with Crippen LogP contribution in [-0.2, 0) is 4.74 Å². The molecule has 0 heterocycles. The van der Waals surface area contributed by atoms with Crippen LogP contribution < -0.4 is 10.6 Å². The Morgan fingerprint density at radius 1 is 1.37 bits per heavy atom. The Morgan fingerprint density at radius 3 is 2.53 bits per heavy atom. The second kappa shape index (κ2) is 6.38. The number of hydrogen-bond donors (Lipinski definition) is 2. The van der Waals surface area contributed by atoms with Crippen molar-refractivity contribution in [2.75, 3.05) is 12.4 Å². The zero-order valence-corrected chi connectivity index (χ0v) is 11.5. The third kappa shape index (κ3) is 4.10. The van der Waals surface area contributed by atoms with Gasteiger partial charge in [-0.25, -0.2) is 14.0 Å². The summed E-state index contributed by atoms with van der Waals surface area (Å²) in [6.07, 6.45) is 0.